The lowest BCUT2D eigenvalue weighted by molar-refractivity contribution is 0.0693. The molecule has 0 atom stereocenters. The molecule has 0 saturated carbocycles. The average molecular weight is 290 g/mol. The standard InChI is InChI=1S/C15H15FN2O3/c1-2-3-4-12-14(15(20)21)13(19)9-17-18(12)11-7-5-10(16)6-8-11/h5-9H,2-4H2,1H3,(H,20,21). The fourth-order valence-corrected chi connectivity index (χ4v) is 2.10. The van der Waals surface area contributed by atoms with Gasteiger partial charge in [0, 0.05) is 0 Å². The highest BCUT2D eigenvalue weighted by Crippen LogP contribution is 2.15. The molecular weight excluding hydrogens is 275 g/mol. The van der Waals surface area contributed by atoms with Crippen molar-refractivity contribution in [2.24, 2.45) is 0 Å². The molecule has 21 heavy (non-hydrogen) atoms. The molecule has 0 radical (unpaired) electrons. The number of hydrogen-bond donors (Lipinski definition) is 1. The Morgan fingerprint density at radius 3 is 2.57 bits per heavy atom. The molecule has 0 bridgehead atoms. The van der Waals surface area contributed by atoms with Crippen LogP contribution in [-0.4, -0.2) is 20.9 Å². The topological polar surface area (TPSA) is 72.2 Å². The smallest absolute Gasteiger partial charge is 0.341 e. The van der Waals surface area contributed by atoms with Gasteiger partial charge in [-0.1, -0.05) is 13.3 Å². The zero-order valence-corrected chi connectivity index (χ0v) is 11.5. The van der Waals surface area contributed by atoms with Crippen LogP contribution in [0.4, 0.5) is 4.39 Å². The lowest BCUT2D eigenvalue weighted by Gasteiger charge is -2.14. The number of halogens is 1. The second-order valence-electron chi connectivity index (χ2n) is 4.63. The Morgan fingerprint density at radius 2 is 2.00 bits per heavy atom. The molecule has 6 heteroatoms. The maximum atomic E-state index is 13.0. The van der Waals surface area contributed by atoms with E-state index >= 15 is 0 Å². The van der Waals surface area contributed by atoms with E-state index < -0.39 is 17.2 Å². The van der Waals surface area contributed by atoms with Gasteiger partial charge < -0.3 is 5.11 Å². The Labute approximate surface area is 120 Å². The van der Waals surface area contributed by atoms with E-state index in [1.807, 2.05) is 6.92 Å². The number of carbonyl (C=O) groups is 1. The first kappa shape index (κ1) is 14.9. The summed E-state index contributed by atoms with van der Waals surface area (Å²) in [4.78, 5) is 23.1. The summed E-state index contributed by atoms with van der Waals surface area (Å²) in [6.07, 6.45) is 2.97. The maximum Gasteiger partial charge on any atom is 0.341 e. The van der Waals surface area contributed by atoms with E-state index in [0.29, 0.717) is 17.8 Å². The quantitative estimate of drug-likeness (QED) is 0.917. The molecule has 0 amide bonds. The van der Waals surface area contributed by atoms with Crippen LogP contribution in [0.2, 0.25) is 0 Å². The molecule has 1 aromatic heterocycles. The number of rotatable bonds is 5. The Hall–Kier alpha value is -2.50. The van der Waals surface area contributed by atoms with Crippen LogP contribution in [0.3, 0.4) is 0 Å². The van der Waals surface area contributed by atoms with Gasteiger partial charge in [-0.2, -0.15) is 5.10 Å². The average Bonchev–Trinajstić information content (AvgIpc) is 2.45. The summed E-state index contributed by atoms with van der Waals surface area (Å²) >= 11 is 0. The van der Waals surface area contributed by atoms with Crippen LogP contribution in [0.5, 0.6) is 0 Å². The van der Waals surface area contributed by atoms with Crippen LogP contribution < -0.4 is 5.43 Å². The van der Waals surface area contributed by atoms with Gasteiger partial charge in [-0.25, -0.2) is 13.9 Å². The van der Waals surface area contributed by atoms with Crippen molar-refractivity contribution in [1.82, 2.24) is 9.78 Å². The van der Waals surface area contributed by atoms with E-state index in [0.717, 1.165) is 19.0 Å². The van der Waals surface area contributed by atoms with Gasteiger partial charge in [0.05, 0.1) is 17.6 Å². The van der Waals surface area contributed by atoms with Crippen LogP contribution in [0, 0.1) is 5.82 Å². The van der Waals surface area contributed by atoms with E-state index in [1.165, 1.54) is 28.9 Å². The summed E-state index contributed by atoms with van der Waals surface area (Å²) in [6.45, 7) is 1.97. The van der Waals surface area contributed by atoms with Gasteiger partial charge in [0.15, 0.2) is 0 Å². The van der Waals surface area contributed by atoms with Gasteiger partial charge in [-0.05, 0) is 37.1 Å². The minimum Gasteiger partial charge on any atom is -0.477 e. The largest absolute Gasteiger partial charge is 0.477 e. The molecule has 0 unspecified atom stereocenters. The molecule has 0 aliphatic rings. The lowest BCUT2D eigenvalue weighted by atomic mass is 10.1. The van der Waals surface area contributed by atoms with Crippen molar-refractivity contribution in [2.75, 3.05) is 0 Å². The summed E-state index contributed by atoms with van der Waals surface area (Å²) in [5.41, 5.74) is -0.0387. The van der Waals surface area contributed by atoms with Crippen molar-refractivity contribution in [3.05, 3.63) is 57.8 Å². The molecule has 1 heterocycles. The second kappa shape index (κ2) is 6.30. The van der Waals surface area contributed by atoms with Crippen molar-refractivity contribution in [2.45, 2.75) is 26.2 Å². The highest BCUT2D eigenvalue weighted by Gasteiger charge is 2.19. The highest BCUT2D eigenvalue weighted by molar-refractivity contribution is 5.88. The minimum absolute atomic E-state index is 0.275. The van der Waals surface area contributed by atoms with Crippen LogP contribution in [0.1, 0.15) is 35.8 Å². The van der Waals surface area contributed by atoms with E-state index in [2.05, 4.69) is 5.10 Å². The predicted molar refractivity (Wildman–Crippen MR) is 75.4 cm³/mol. The van der Waals surface area contributed by atoms with Gasteiger partial charge in [-0.15, -0.1) is 0 Å². The fraction of sp³-hybridized carbons (Fsp3) is 0.267. The highest BCUT2D eigenvalue weighted by atomic mass is 19.1. The summed E-state index contributed by atoms with van der Waals surface area (Å²) in [5.74, 6) is -1.67. The Bertz CT molecular complexity index is 708. The summed E-state index contributed by atoms with van der Waals surface area (Å²) < 4.78 is 14.4. The molecule has 1 N–H and O–H groups in total. The zero-order chi connectivity index (χ0) is 15.4. The number of nitrogens with zero attached hydrogens (tertiary/aromatic N) is 2. The molecule has 2 aromatic rings. The maximum absolute atomic E-state index is 13.0. The van der Waals surface area contributed by atoms with Gasteiger partial charge in [0.1, 0.15) is 11.4 Å². The monoisotopic (exact) mass is 290 g/mol. The van der Waals surface area contributed by atoms with E-state index in [4.69, 9.17) is 0 Å². The molecule has 5 nitrogen and oxygen atoms in total. The first-order valence-corrected chi connectivity index (χ1v) is 6.65. The first-order valence-electron chi connectivity index (χ1n) is 6.65. The number of hydrogen-bond acceptors (Lipinski definition) is 3. The number of aromatic carboxylic acids is 1. The lowest BCUT2D eigenvalue weighted by Crippen LogP contribution is -2.24. The van der Waals surface area contributed by atoms with Crippen molar-refractivity contribution in [1.29, 1.82) is 0 Å². The molecule has 110 valence electrons. The van der Waals surface area contributed by atoms with E-state index in [-0.39, 0.29) is 5.56 Å². The second-order valence-corrected chi connectivity index (χ2v) is 4.63. The zero-order valence-electron chi connectivity index (χ0n) is 11.5. The summed E-state index contributed by atoms with van der Waals surface area (Å²) in [7, 11) is 0. The predicted octanol–water partition coefficient (Wildman–Crippen LogP) is 2.41. The third kappa shape index (κ3) is 3.16. The fourth-order valence-electron chi connectivity index (χ4n) is 2.10. The van der Waals surface area contributed by atoms with Crippen LogP contribution >= 0.6 is 0 Å². The van der Waals surface area contributed by atoms with Crippen LogP contribution in [0.25, 0.3) is 5.69 Å². The van der Waals surface area contributed by atoms with Crippen LogP contribution in [0.15, 0.2) is 35.3 Å². The van der Waals surface area contributed by atoms with Gasteiger partial charge >= 0.3 is 5.97 Å². The van der Waals surface area contributed by atoms with Crippen molar-refractivity contribution in [3.8, 4) is 5.69 Å². The number of benzene rings is 1. The Morgan fingerprint density at radius 1 is 1.33 bits per heavy atom. The first-order chi connectivity index (χ1) is 10.0. The van der Waals surface area contributed by atoms with Gasteiger partial charge in [0.25, 0.3) is 0 Å². The molecule has 0 spiro atoms. The molecule has 0 aliphatic carbocycles. The normalized spacial score (nSPS) is 10.6. The van der Waals surface area contributed by atoms with Crippen molar-refractivity contribution in [3.63, 3.8) is 0 Å². The number of unbranched alkanes of at least 4 members (excludes halogenated alkanes) is 1. The SMILES string of the molecule is CCCCc1c(C(=O)O)c(=O)cnn1-c1ccc(F)cc1. The van der Waals surface area contributed by atoms with Gasteiger partial charge in [0.2, 0.25) is 5.43 Å². The Balaban J connectivity index is 2.64. The number of carboxylic acid groups (broad SMARTS) is 1. The minimum atomic E-state index is -1.27. The molecule has 0 saturated heterocycles. The summed E-state index contributed by atoms with van der Waals surface area (Å²) in [5, 5.41) is 13.3. The molecular formula is C15H15FN2O3. The van der Waals surface area contributed by atoms with Crippen molar-refractivity contribution >= 4 is 5.97 Å². The van der Waals surface area contributed by atoms with Crippen molar-refractivity contribution < 1.29 is 14.3 Å². The third-order valence-corrected chi connectivity index (χ3v) is 3.13. The number of aromatic nitrogens is 2. The van der Waals surface area contributed by atoms with E-state index in [9.17, 15) is 19.1 Å². The van der Waals surface area contributed by atoms with E-state index in [1.54, 1.807) is 0 Å². The Kier molecular flexibility index (Phi) is 4.47. The molecule has 1 aromatic carbocycles. The third-order valence-electron chi connectivity index (χ3n) is 3.13. The molecule has 0 fully saturated rings. The molecule has 0 aliphatic heterocycles. The molecule has 2 rings (SSSR count). The number of carboxylic acids is 1. The van der Waals surface area contributed by atoms with Gasteiger partial charge in [-0.3, -0.25) is 4.79 Å². The summed E-state index contributed by atoms with van der Waals surface area (Å²) in [6, 6.07) is 5.51. The van der Waals surface area contributed by atoms with Crippen LogP contribution in [-0.2, 0) is 6.42 Å².